The average Bonchev–Trinajstić information content (AvgIpc) is 2.61. The van der Waals surface area contributed by atoms with Crippen LogP contribution in [0.1, 0.15) is 22.0 Å². The quantitative estimate of drug-likeness (QED) is 0.615. The van der Waals surface area contributed by atoms with Crippen molar-refractivity contribution in [3.63, 3.8) is 0 Å². The SMILES string of the molecule is O=C1N[C@H](c2ccc(O)cc2)[C@@H](C(=O)c2ccccc2)[C@](O)(C(F)(F)F)N1. The lowest BCUT2D eigenvalue weighted by atomic mass is 9.77. The number of urea groups is 1. The maximum absolute atomic E-state index is 13.7. The van der Waals surface area contributed by atoms with Crippen LogP contribution in [0, 0.1) is 5.92 Å². The molecule has 27 heavy (non-hydrogen) atoms. The minimum absolute atomic E-state index is 0.0492. The summed E-state index contributed by atoms with van der Waals surface area (Å²) in [6.45, 7) is 0. The topological polar surface area (TPSA) is 98.7 Å². The monoisotopic (exact) mass is 380 g/mol. The largest absolute Gasteiger partial charge is 0.508 e. The van der Waals surface area contributed by atoms with Crippen molar-refractivity contribution in [2.45, 2.75) is 17.9 Å². The van der Waals surface area contributed by atoms with E-state index in [9.17, 15) is 33.0 Å². The highest BCUT2D eigenvalue weighted by Gasteiger charge is 2.66. The zero-order chi connectivity index (χ0) is 19.8. The highest BCUT2D eigenvalue weighted by Crippen LogP contribution is 2.44. The summed E-state index contributed by atoms with van der Waals surface area (Å²) < 4.78 is 41.1. The molecule has 1 aliphatic heterocycles. The Bertz CT molecular complexity index is 855. The second kappa shape index (κ2) is 6.58. The molecule has 9 heteroatoms. The molecule has 142 valence electrons. The first-order valence-corrected chi connectivity index (χ1v) is 7.89. The van der Waals surface area contributed by atoms with Crippen molar-refractivity contribution in [2.24, 2.45) is 5.92 Å². The Hall–Kier alpha value is -3.07. The first kappa shape index (κ1) is 18.7. The number of nitrogens with one attached hydrogen (secondary N) is 2. The maximum Gasteiger partial charge on any atom is 0.437 e. The van der Waals surface area contributed by atoms with Crippen LogP contribution in [0.4, 0.5) is 18.0 Å². The fourth-order valence-corrected chi connectivity index (χ4v) is 3.08. The van der Waals surface area contributed by atoms with E-state index < -0.39 is 35.7 Å². The highest BCUT2D eigenvalue weighted by molar-refractivity contribution is 6.00. The molecule has 0 aromatic heterocycles. The van der Waals surface area contributed by atoms with Gasteiger partial charge in [0, 0.05) is 5.56 Å². The molecule has 1 saturated heterocycles. The lowest BCUT2D eigenvalue weighted by molar-refractivity contribution is -0.287. The predicted molar refractivity (Wildman–Crippen MR) is 87.8 cm³/mol. The van der Waals surface area contributed by atoms with Gasteiger partial charge in [-0.3, -0.25) is 4.79 Å². The summed E-state index contributed by atoms with van der Waals surface area (Å²) in [6.07, 6.45) is -5.31. The van der Waals surface area contributed by atoms with Gasteiger partial charge in [-0.1, -0.05) is 42.5 Å². The van der Waals surface area contributed by atoms with Crippen LogP contribution in [0.3, 0.4) is 0 Å². The van der Waals surface area contributed by atoms with E-state index in [0.717, 1.165) is 0 Å². The molecule has 0 spiro atoms. The molecular formula is C18H15F3N2O4. The number of carbonyl (C=O) groups excluding carboxylic acids is 2. The van der Waals surface area contributed by atoms with Crippen molar-refractivity contribution < 1.29 is 33.0 Å². The molecular weight excluding hydrogens is 365 g/mol. The van der Waals surface area contributed by atoms with Crippen molar-refractivity contribution in [3.8, 4) is 5.75 Å². The number of Topliss-reactive ketones (excluding diaryl/α,β-unsaturated/α-hetero) is 1. The van der Waals surface area contributed by atoms with E-state index in [0.29, 0.717) is 0 Å². The zero-order valence-corrected chi connectivity index (χ0v) is 13.7. The summed E-state index contributed by atoms with van der Waals surface area (Å²) in [6, 6.07) is 9.40. The lowest BCUT2D eigenvalue weighted by Crippen LogP contribution is -2.72. The Morgan fingerprint density at radius 1 is 1.04 bits per heavy atom. The number of alkyl halides is 3. The van der Waals surface area contributed by atoms with Gasteiger partial charge >= 0.3 is 12.2 Å². The molecule has 0 aliphatic carbocycles. The third-order valence-electron chi connectivity index (χ3n) is 4.40. The van der Waals surface area contributed by atoms with E-state index in [4.69, 9.17) is 0 Å². The van der Waals surface area contributed by atoms with Crippen molar-refractivity contribution in [3.05, 3.63) is 65.7 Å². The van der Waals surface area contributed by atoms with Crippen molar-refractivity contribution in [2.75, 3.05) is 0 Å². The summed E-state index contributed by atoms with van der Waals surface area (Å²) in [7, 11) is 0. The number of ketones is 1. The van der Waals surface area contributed by atoms with E-state index in [2.05, 4.69) is 5.32 Å². The number of rotatable bonds is 3. The van der Waals surface area contributed by atoms with E-state index in [1.54, 1.807) is 6.07 Å². The molecule has 0 saturated carbocycles. The summed E-state index contributed by atoms with van der Waals surface area (Å²) in [4.78, 5) is 24.8. The van der Waals surface area contributed by atoms with Gasteiger partial charge in [0.1, 0.15) is 11.7 Å². The zero-order valence-electron chi connectivity index (χ0n) is 13.7. The van der Waals surface area contributed by atoms with Crippen LogP contribution in [0.15, 0.2) is 54.6 Å². The normalized spacial score (nSPS) is 25.4. The van der Waals surface area contributed by atoms with Crippen molar-refractivity contribution in [1.82, 2.24) is 10.6 Å². The Morgan fingerprint density at radius 2 is 1.63 bits per heavy atom. The summed E-state index contributed by atoms with van der Waals surface area (Å²) in [5.41, 5.74) is -3.70. The number of aromatic hydroxyl groups is 1. The standard InChI is InChI=1S/C18H15F3N2O4/c19-18(20,21)17(27)13(15(25)11-4-2-1-3-5-11)14(22-16(26)23-17)10-6-8-12(24)9-7-10/h1-9,13-14,24,27H,(H2,22,23,26)/t13-,14+,17-/m0/s1. The average molecular weight is 380 g/mol. The number of phenolic OH excluding ortho intramolecular Hbond substituents is 1. The molecule has 2 aromatic rings. The fourth-order valence-electron chi connectivity index (χ4n) is 3.08. The van der Waals surface area contributed by atoms with Crippen molar-refractivity contribution >= 4 is 11.8 Å². The van der Waals surface area contributed by atoms with Gasteiger partial charge in [-0.2, -0.15) is 13.2 Å². The number of hydrogen-bond acceptors (Lipinski definition) is 4. The van der Waals surface area contributed by atoms with Gasteiger partial charge in [-0.15, -0.1) is 0 Å². The molecule has 6 nitrogen and oxygen atoms in total. The van der Waals surface area contributed by atoms with Crippen LogP contribution < -0.4 is 10.6 Å². The summed E-state index contributed by atoms with van der Waals surface area (Å²) in [5.74, 6) is -3.24. The van der Waals surface area contributed by atoms with Crippen LogP contribution in [-0.4, -0.2) is 33.9 Å². The molecule has 2 aromatic carbocycles. The fraction of sp³-hybridized carbons (Fsp3) is 0.222. The van der Waals surface area contributed by atoms with Gasteiger partial charge in [-0.25, -0.2) is 4.79 Å². The highest BCUT2D eigenvalue weighted by atomic mass is 19.4. The number of phenols is 1. The van der Waals surface area contributed by atoms with Gasteiger partial charge in [-0.05, 0) is 17.7 Å². The second-order valence-corrected chi connectivity index (χ2v) is 6.14. The number of aliphatic hydroxyl groups is 1. The maximum atomic E-state index is 13.7. The minimum Gasteiger partial charge on any atom is -0.508 e. The van der Waals surface area contributed by atoms with Gasteiger partial charge in [0.2, 0.25) is 5.72 Å². The van der Waals surface area contributed by atoms with E-state index >= 15 is 0 Å². The van der Waals surface area contributed by atoms with Crippen molar-refractivity contribution in [1.29, 1.82) is 0 Å². The first-order chi connectivity index (χ1) is 12.6. The second-order valence-electron chi connectivity index (χ2n) is 6.14. The van der Waals surface area contributed by atoms with Gasteiger partial charge < -0.3 is 20.8 Å². The molecule has 1 aliphatic rings. The third kappa shape index (κ3) is 3.33. The third-order valence-corrected chi connectivity index (χ3v) is 4.40. The molecule has 2 amide bonds. The predicted octanol–water partition coefficient (Wildman–Crippen LogP) is 2.50. The molecule has 1 heterocycles. The van der Waals surface area contributed by atoms with E-state index in [1.165, 1.54) is 53.8 Å². The number of carbonyl (C=O) groups is 2. The van der Waals surface area contributed by atoms with E-state index in [-0.39, 0.29) is 16.9 Å². The first-order valence-electron chi connectivity index (χ1n) is 7.89. The Kier molecular flexibility index (Phi) is 4.56. The smallest absolute Gasteiger partial charge is 0.437 e. The van der Waals surface area contributed by atoms with Crippen LogP contribution in [0.25, 0.3) is 0 Å². The molecule has 3 atom stereocenters. The lowest BCUT2D eigenvalue weighted by Gasteiger charge is -2.45. The molecule has 0 unspecified atom stereocenters. The van der Waals surface area contributed by atoms with Crippen LogP contribution >= 0.6 is 0 Å². The van der Waals surface area contributed by atoms with Gasteiger partial charge in [0.05, 0.1) is 6.04 Å². The number of amides is 2. The summed E-state index contributed by atoms with van der Waals surface area (Å²) in [5, 5.41) is 23.5. The van der Waals surface area contributed by atoms with Gasteiger partial charge in [0.25, 0.3) is 0 Å². The van der Waals surface area contributed by atoms with Gasteiger partial charge in [0.15, 0.2) is 5.78 Å². The molecule has 0 bridgehead atoms. The summed E-state index contributed by atoms with van der Waals surface area (Å²) >= 11 is 0. The Labute approximate surface area is 151 Å². The molecule has 1 fully saturated rings. The Morgan fingerprint density at radius 3 is 2.19 bits per heavy atom. The minimum atomic E-state index is -5.31. The number of hydrogen-bond donors (Lipinski definition) is 4. The van der Waals surface area contributed by atoms with E-state index in [1.807, 2.05) is 0 Å². The molecule has 4 N–H and O–H groups in total. The van der Waals surface area contributed by atoms with Crippen LogP contribution in [0.5, 0.6) is 5.75 Å². The van der Waals surface area contributed by atoms with Crippen LogP contribution in [-0.2, 0) is 0 Å². The number of benzene rings is 2. The van der Waals surface area contributed by atoms with Crippen LogP contribution in [0.2, 0.25) is 0 Å². The molecule has 0 radical (unpaired) electrons. The Balaban J connectivity index is 2.15. The number of halogens is 3. The molecule has 3 rings (SSSR count).